The molecule has 0 atom stereocenters. The first-order valence-electron chi connectivity index (χ1n) is 9.10. The van der Waals surface area contributed by atoms with Gasteiger partial charge in [0.2, 0.25) is 10.0 Å². The van der Waals surface area contributed by atoms with Gasteiger partial charge < -0.3 is 5.32 Å². The molecule has 5 nitrogen and oxygen atoms in total. The second-order valence-corrected chi connectivity index (χ2v) is 8.96. The van der Waals surface area contributed by atoms with E-state index in [-0.39, 0.29) is 10.8 Å². The lowest BCUT2D eigenvalue weighted by atomic mass is 10.2. The van der Waals surface area contributed by atoms with Crippen molar-refractivity contribution >= 4 is 27.5 Å². The Labute approximate surface area is 165 Å². The summed E-state index contributed by atoms with van der Waals surface area (Å²) in [7, 11) is -3.50. The van der Waals surface area contributed by atoms with E-state index in [1.165, 1.54) is 12.1 Å². The van der Waals surface area contributed by atoms with Gasteiger partial charge in [0.15, 0.2) is 0 Å². The van der Waals surface area contributed by atoms with Crippen molar-refractivity contribution in [1.82, 2.24) is 9.62 Å². The molecule has 2 aromatic rings. The minimum atomic E-state index is -3.50. The number of hydrogen-bond acceptors (Lipinski definition) is 3. The molecule has 1 aliphatic rings. The summed E-state index contributed by atoms with van der Waals surface area (Å²) >= 11 is 6.09. The SMILES string of the molecule is O=C(NCc1ccccc1Cl)c1ccc(S(=O)(=O)N2CCCCCC2)cc1. The predicted molar refractivity (Wildman–Crippen MR) is 106 cm³/mol. The Morgan fingerprint density at radius 3 is 2.22 bits per heavy atom. The van der Waals surface area contributed by atoms with Crippen molar-refractivity contribution in [2.75, 3.05) is 13.1 Å². The van der Waals surface area contributed by atoms with Gasteiger partial charge in [0.05, 0.1) is 4.90 Å². The number of nitrogens with one attached hydrogen (secondary N) is 1. The number of sulfonamides is 1. The Morgan fingerprint density at radius 2 is 1.59 bits per heavy atom. The minimum Gasteiger partial charge on any atom is -0.348 e. The number of amides is 1. The molecule has 1 fully saturated rings. The van der Waals surface area contributed by atoms with E-state index in [9.17, 15) is 13.2 Å². The van der Waals surface area contributed by atoms with Crippen LogP contribution < -0.4 is 5.32 Å². The van der Waals surface area contributed by atoms with Gasteiger partial charge in [-0.1, -0.05) is 42.6 Å². The second kappa shape index (κ2) is 8.87. The van der Waals surface area contributed by atoms with E-state index in [0.717, 1.165) is 31.2 Å². The molecule has 0 aliphatic carbocycles. The van der Waals surface area contributed by atoms with Gasteiger partial charge in [-0.3, -0.25) is 4.79 Å². The third-order valence-electron chi connectivity index (χ3n) is 4.72. The summed E-state index contributed by atoms with van der Waals surface area (Å²) in [5.74, 6) is -0.270. The normalized spacial score (nSPS) is 15.9. The van der Waals surface area contributed by atoms with Crippen molar-refractivity contribution < 1.29 is 13.2 Å². The Kier molecular flexibility index (Phi) is 6.52. The summed E-state index contributed by atoms with van der Waals surface area (Å²) in [6, 6.07) is 13.4. The number of hydrogen-bond donors (Lipinski definition) is 1. The Balaban J connectivity index is 1.67. The van der Waals surface area contributed by atoms with Crippen molar-refractivity contribution in [3.05, 3.63) is 64.7 Å². The number of carbonyl (C=O) groups excluding carboxylic acids is 1. The molecule has 1 aliphatic heterocycles. The summed E-state index contributed by atoms with van der Waals surface area (Å²) in [5, 5.41) is 3.40. The van der Waals surface area contributed by atoms with Gasteiger partial charge in [-0.05, 0) is 48.7 Å². The topological polar surface area (TPSA) is 66.5 Å². The van der Waals surface area contributed by atoms with E-state index >= 15 is 0 Å². The van der Waals surface area contributed by atoms with Crippen LogP contribution in [0.5, 0.6) is 0 Å². The summed E-state index contributed by atoms with van der Waals surface area (Å²) in [4.78, 5) is 12.6. The average molecular weight is 407 g/mol. The summed E-state index contributed by atoms with van der Waals surface area (Å²) in [6.45, 7) is 1.43. The lowest BCUT2D eigenvalue weighted by molar-refractivity contribution is 0.0951. The number of rotatable bonds is 5. The van der Waals surface area contributed by atoms with Crippen LogP contribution in [0, 0.1) is 0 Å². The molecule has 1 heterocycles. The molecular weight excluding hydrogens is 384 g/mol. The minimum absolute atomic E-state index is 0.229. The highest BCUT2D eigenvalue weighted by atomic mass is 35.5. The van der Waals surface area contributed by atoms with Crippen molar-refractivity contribution in [3.8, 4) is 0 Å². The molecule has 0 spiro atoms. The number of benzene rings is 2. The van der Waals surface area contributed by atoms with Crippen molar-refractivity contribution in [1.29, 1.82) is 0 Å². The summed E-state index contributed by atoms with van der Waals surface area (Å²) in [6.07, 6.45) is 3.91. The smallest absolute Gasteiger partial charge is 0.251 e. The van der Waals surface area contributed by atoms with Crippen molar-refractivity contribution in [2.45, 2.75) is 37.1 Å². The molecule has 0 bridgehead atoms. The van der Waals surface area contributed by atoms with Crippen molar-refractivity contribution in [2.24, 2.45) is 0 Å². The van der Waals surface area contributed by atoms with Gasteiger partial charge in [-0.15, -0.1) is 0 Å². The van der Waals surface area contributed by atoms with Crippen LogP contribution in [0.15, 0.2) is 53.4 Å². The number of halogens is 1. The Hall–Kier alpha value is -1.89. The number of nitrogens with zero attached hydrogens (tertiary/aromatic N) is 1. The van der Waals surface area contributed by atoms with Crippen LogP contribution in [0.3, 0.4) is 0 Å². The highest BCUT2D eigenvalue weighted by molar-refractivity contribution is 7.89. The monoisotopic (exact) mass is 406 g/mol. The zero-order valence-electron chi connectivity index (χ0n) is 15.0. The molecule has 0 radical (unpaired) electrons. The fraction of sp³-hybridized carbons (Fsp3) is 0.350. The maximum Gasteiger partial charge on any atom is 0.251 e. The average Bonchev–Trinajstić information content (AvgIpc) is 2.97. The fourth-order valence-electron chi connectivity index (χ4n) is 3.13. The molecule has 0 unspecified atom stereocenters. The molecule has 144 valence electrons. The Bertz CT molecular complexity index is 890. The van der Waals surface area contributed by atoms with Crippen LogP contribution in [0.4, 0.5) is 0 Å². The first-order valence-corrected chi connectivity index (χ1v) is 10.9. The lowest BCUT2D eigenvalue weighted by Gasteiger charge is -2.20. The van der Waals surface area contributed by atoms with Crippen LogP contribution in [0.25, 0.3) is 0 Å². The predicted octanol–water partition coefficient (Wildman–Crippen LogP) is 3.83. The molecule has 1 saturated heterocycles. The van der Waals surface area contributed by atoms with Crippen LogP contribution in [-0.4, -0.2) is 31.7 Å². The molecular formula is C20H23ClN2O3S. The third-order valence-corrected chi connectivity index (χ3v) is 7.00. The highest BCUT2D eigenvalue weighted by Crippen LogP contribution is 2.21. The fourth-order valence-corrected chi connectivity index (χ4v) is 4.85. The molecule has 27 heavy (non-hydrogen) atoms. The van der Waals surface area contributed by atoms with Crippen molar-refractivity contribution in [3.63, 3.8) is 0 Å². The van der Waals surface area contributed by atoms with Gasteiger partial charge in [-0.2, -0.15) is 4.31 Å². The molecule has 2 aromatic carbocycles. The van der Waals surface area contributed by atoms with Gasteiger partial charge in [0.25, 0.3) is 5.91 Å². The van der Waals surface area contributed by atoms with E-state index in [0.29, 0.717) is 30.2 Å². The van der Waals surface area contributed by atoms with Crippen LogP contribution >= 0.6 is 11.6 Å². The molecule has 7 heteroatoms. The molecule has 1 amide bonds. The van der Waals surface area contributed by atoms with Crippen LogP contribution in [0.2, 0.25) is 5.02 Å². The van der Waals surface area contributed by atoms with E-state index in [1.807, 2.05) is 18.2 Å². The summed E-state index contributed by atoms with van der Waals surface area (Å²) in [5.41, 5.74) is 1.24. The third kappa shape index (κ3) is 4.89. The maximum atomic E-state index is 12.8. The zero-order chi connectivity index (χ0) is 19.3. The number of carbonyl (C=O) groups is 1. The lowest BCUT2D eigenvalue weighted by Crippen LogP contribution is -2.32. The quantitative estimate of drug-likeness (QED) is 0.820. The van der Waals surface area contributed by atoms with Crippen LogP contribution in [-0.2, 0) is 16.6 Å². The zero-order valence-corrected chi connectivity index (χ0v) is 16.6. The highest BCUT2D eigenvalue weighted by Gasteiger charge is 2.25. The van der Waals surface area contributed by atoms with Gasteiger partial charge in [0, 0.05) is 30.2 Å². The molecule has 1 N–H and O–H groups in total. The van der Waals surface area contributed by atoms with Gasteiger partial charge in [-0.25, -0.2) is 8.42 Å². The molecule has 3 rings (SSSR count). The van der Waals surface area contributed by atoms with E-state index in [2.05, 4.69) is 5.32 Å². The second-order valence-electron chi connectivity index (χ2n) is 6.62. The first kappa shape index (κ1) is 19.9. The first-order chi connectivity index (χ1) is 13.0. The van der Waals surface area contributed by atoms with E-state index in [4.69, 9.17) is 11.6 Å². The van der Waals surface area contributed by atoms with Gasteiger partial charge in [0.1, 0.15) is 0 Å². The maximum absolute atomic E-state index is 12.8. The van der Waals surface area contributed by atoms with Crippen LogP contribution in [0.1, 0.15) is 41.6 Å². The summed E-state index contributed by atoms with van der Waals surface area (Å²) < 4.78 is 27.1. The molecule has 0 aromatic heterocycles. The van der Waals surface area contributed by atoms with E-state index < -0.39 is 10.0 Å². The standard InChI is InChI=1S/C20H23ClN2O3S/c21-19-8-4-3-7-17(19)15-22-20(24)16-9-11-18(12-10-16)27(25,26)23-13-5-1-2-6-14-23/h3-4,7-12H,1-2,5-6,13-15H2,(H,22,24). The van der Waals surface area contributed by atoms with Gasteiger partial charge >= 0.3 is 0 Å². The Morgan fingerprint density at radius 1 is 0.963 bits per heavy atom. The molecule has 0 saturated carbocycles. The van der Waals surface area contributed by atoms with E-state index in [1.54, 1.807) is 22.5 Å². The largest absolute Gasteiger partial charge is 0.348 e.